The van der Waals surface area contributed by atoms with Gasteiger partial charge in [0, 0.05) is 26.2 Å². The van der Waals surface area contributed by atoms with Crippen LogP contribution in [0.4, 0.5) is 5.13 Å². The molecule has 12 heteroatoms. The van der Waals surface area contributed by atoms with E-state index in [1.54, 1.807) is 36.4 Å². The Morgan fingerprint density at radius 1 is 1.02 bits per heavy atom. The van der Waals surface area contributed by atoms with Gasteiger partial charge in [-0.25, -0.2) is 0 Å². The smallest absolute Gasteiger partial charge is 0.301 e. The first-order valence-electron chi connectivity index (χ1n) is 13.3. The summed E-state index contributed by atoms with van der Waals surface area (Å²) in [6, 6.07) is 22.9. The number of ketones is 1. The van der Waals surface area contributed by atoms with Crippen LogP contribution in [0.1, 0.15) is 33.2 Å². The quantitative estimate of drug-likeness (QED) is 0.0548. The zero-order valence-electron chi connectivity index (χ0n) is 23.1. The van der Waals surface area contributed by atoms with E-state index in [9.17, 15) is 14.7 Å². The van der Waals surface area contributed by atoms with E-state index < -0.39 is 17.7 Å². The number of amides is 1. The van der Waals surface area contributed by atoms with Gasteiger partial charge in [-0.15, -0.1) is 21.5 Å². The lowest BCUT2D eigenvalue weighted by Crippen LogP contribution is -2.29. The molecule has 0 radical (unpaired) electrons. The second kappa shape index (κ2) is 13.1. The Balaban J connectivity index is 1.26. The number of Topliss-reactive ketones (excluding diaryl/α,β-unsaturated/α-hetero) is 1. The van der Waals surface area contributed by atoms with Crippen molar-refractivity contribution in [2.24, 2.45) is 0 Å². The standard InChI is InChI=1S/C32H23Cl2N3O4S3/c1-18-4-2-5-19(14-18)16-41-23-11-8-20(9-12-23)28(38)26-27(25-6-3-13-42-25)37(30(40)29(26)39)31-35-36-32(44-31)43-17-21-7-10-22(33)15-24(21)34/h2-15,27,38H,16-17H2,1H3/b28-26+. The molecule has 222 valence electrons. The SMILES string of the molecule is Cc1cccc(COc2ccc(/C(O)=C3\C(=O)C(=O)N(c4nnc(SCc5ccc(Cl)cc5Cl)s4)C3c3cccs3)cc2)c1. The van der Waals surface area contributed by atoms with Gasteiger partial charge in [-0.1, -0.05) is 88.3 Å². The minimum Gasteiger partial charge on any atom is -0.507 e. The van der Waals surface area contributed by atoms with E-state index in [1.165, 1.54) is 39.3 Å². The summed E-state index contributed by atoms with van der Waals surface area (Å²) in [5.74, 6) is -0.722. The van der Waals surface area contributed by atoms with Gasteiger partial charge in [-0.05, 0) is 65.9 Å². The molecule has 1 unspecified atom stereocenters. The summed E-state index contributed by atoms with van der Waals surface area (Å²) in [5.41, 5.74) is 3.45. The highest BCUT2D eigenvalue weighted by Crippen LogP contribution is 2.45. The fourth-order valence-electron chi connectivity index (χ4n) is 4.72. The zero-order valence-corrected chi connectivity index (χ0v) is 27.0. The Hall–Kier alpha value is -3.67. The van der Waals surface area contributed by atoms with Crippen LogP contribution in [0.3, 0.4) is 0 Å². The average Bonchev–Trinajstić information content (AvgIpc) is 3.76. The summed E-state index contributed by atoms with van der Waals surface area (Å²) in [6.45, 7) is 2.42. The van der Waals surface area contributed by atoms with Crippen LogP contribution in [0.5, 0.6) is 5.75 Å². The highest BCUT2D eigenvalue weighted by molar-refractivity contribution is 8.00. The number of aliphatic hydroxyl groups excluding tert-OH is 1. The number of thiophene rings is 1. The van der Waals surface area contributed by atoms with Crippen molar-refractivity contribution in [2.75, 3.05) is 4.90 Å². The minimum absolute atomic E-state index is 0.0109. The maximum atomic E-state index is 13.4. The number of ether oxygens (including phenoxy) is 1. The topological polar surface area (TPSA) is 92.6 Å². The molecule has 1 atom stereocenters. The monoisotopic (exact) mass is 679 g/mol. The maximum Gasteiger partial charge on any atom is 0.301 e. The van der Waals surface area contributed by atoms with Gasteiger partial charge in [0.2, 0.25) is 5.13 Å². The van der Waals surface area contributed by atoms with Gasteiger partial charge < -0.3 is 9.84 Å². The van der Waals surface area contributed by atoms with Crippen molar-refractivity contribution in [3.63, 3.8) is 0 Å². The predicted octanol–water partition coefficient (Wildman–Crippen LogP) is 8.71. The number of aryl methyl sites for hydroxylation is 1. The average molecular weight is 681 g/mol. The van der Waals surface area contributed by atoms with Crippen LogP contribution in [0, 0.1) is 6.92 Å². The first kappa shape index (κ1) is 30.4. The lowest BCUT2D eigenvalue weighted by atomic mass is 10.00. The predicted molar refractivity (Wildman–Crippen MR) is 177 cm³/mol. The van der Waals surface area contributed by atoms with E-state index in [4.69, 9.17) is 27.9 Å². The molecule has 1 aliphatic rings. The summed E-state index contributed by atoms with van der Waals surface area (Å²) in [4.78, 5) is 28.9. The molecule has 6 rings (SSSR count). The Morgan fingerprint density at radius 3 is 2.57 bits per heavy atom. The molecular weight excluding hydrogens is 657 g/mol. The number of thioether (sulfide) groups is 1. The van der Waals surface area contributed by atoms with Crippen molar-refractivity contribution in [1.29, 1.82) is 0 Å². The van der Waals surface area contributed by atoms with E-state index in [0.29, 0.717) is 42.9 Å². The number of carbonyl (C=O) groups excluding carboxylic acids is 2. The van der Waals surface area contributed by atoms with E-state index in [2.05, 4.69) is 16.3 Å². The van der Waals surface area contributed by atoms with Crippen molar-refractivity contribution in [2.45, 2.75) is 29.7 Å². The summed E-state index contributed by atoms with van der Waals surface area (Å²) in [5, 5.41) is 23.1. The van der Waals surface area contributed by atoms with Crippen LogP contribution < -0.4 is 9.64 Å². The summed E-state index contributed by atoms with van der Waals surface area (Å²) < 4.78 is 6.50. The van der Waals surface area contributed by atoms with Crippen molar-refractivity contribution >= 4 is 80.2 Å². The van der Waals surface area contributed by atoms with Gasteiger partial charge in [0.05, 0.1) is 5.57 Å². The largest absolute Gasteiger partial charge is 0.507 e. The molecule has 5 aromatic rings. The Morgan fingerprint density at radius 2 is 1.84 bits per heavy atom. The summed E-state index contributed by atoms with van der Waals surface area (Å²) in [7, 11) is 0. The molecule has 0 aliphatic carbocycles. The number of anilines is 1. The normalized spacial score (nSPS) is 16.1. The molecule has 1 aliphatic heterocycles. The Bertz CT molecular complexity index is 1870. The van der Waals surface area contributed by atoms with Crippen LogP contribution in [0.25, 0.3) is 5.76 Å². The highest BCUT2D eigenvalue weighted by atomic mass is 35.5. The van der Waals surface area contributed by atoms with Crippen molar-refractivity contribution < 1.29 is 19.4 Å². The fourth-order valence-corrected chi connectivity index (χ4v) is 7.96. The molecule has 0 spiro atoms. The van der Waals surface area contributed by atoms with Crippen LogP contribution in [0.2, 0.25) is 10.0 Å². The van der Waals surface area contributed by atoms with Gasteiger partial charge in [-0.3, -0.25) is 14.5 Å². The molecule has 44 heavy (non-hydrogen) atoms. The van der Waals surface area contributed by atoms with E-state index >= 15 is 0 Å². The lowest BCUT2D eigenvalue weighted by Gasteiger charge is -2.20. The van der Waals surface area contributed by atoms with E-state index in [-0.39, 0.29) is 16.5 Å². The first-order chi connectivity index (χ1) is 21.3. The number of hydrogen-bond donors (Lipinski definition) is 1. The number of halogens is 2. The summed E-state index contributed by atoms with van der Waals surface area (Å²) >= 11 is 16.3. The van der Waals surface area contributed by atoms with E-state index in [1.807, 2.05) is 48.7 Å². The summed E-state index contributed by atoms with van der Waals surface area (Å²) in [6.07, 6.45) is 0. The van der Waals surface area contributed by atoms with Gasteiger partial charge in [0.15, 0.2) is 4.34 Å². The molecule has 0 saturated carbocycles. The highest BCUT2D eigenvalue weighted by Gasteiger charge is 2.48. The molecule has 0 bridgehead atoms. The van der Waals surface area contributed by atoms with Gasteiger partial charge in [0.1, 0.15) is 24.2 Å². The number of rotatable bonds is 9. The number of aromatic nitrogens is 2. The second-order valence-corrected chi connectivity index (χ2v) is 13.9. The van der Waals surface area contributed by atoms with Crippen LogP contribution >= 0.6 is 57.6 Å². The van der Waals surface area contributed by atoms with Gasteiger partial charge in [0.25, 0.3) is 5.78 Å². The minimum atomic E-state index is -0.858. The molecule has 3 aromatic carbocycles. The second-order valence-electron chi connectivity index (χ2n) is 9.86. The number of benzene rings is 3. The van der Waals surface area contributed by atoms with Crippen LogP contribution in [0.15, 0.2) is 94.2 Å². The molecule has 1 fully saturated rings. The molecule has 3 heterocycles. The third kappa shape index (κ3) is 6.40. The maximum absolute atomic E-state index is 13.4. The van der Waals surface area contributed by atoms with Crippen LogP contribution in [-0.2, 0) is 21.9 Å². The Kier molecular flexibility index (Phi) is 9.06. The van der Waals surface area contributed by atoms with E-state index in [0.717, 1.165) is 16.7 Å². The third-order valence-corrected chi connectivity index (χ3v) is 10.5. The fraction of sp³-hybridized carbons (Fsp3) is 0.125. The van der Waals surface area contributed by atoms with Crippen molar-refractivity contribution in [1.82, 2.24) is 10.2 Å². The number of nitrogens with zero attached hydrogens (tertiary/aromatic N) is 3. The zero-order chi connectivity index (χ0) is 30.8. The molecule has 7 nitrogen and oxygen atoms in total. The number of carbonyl (C=O) groups is 2. The number of aliphatic hydroxyl groups is 1. The number of hydrogen-bond acceptors (Lipinski definition) is 9. The van der Waals surface area contributed by atoms with Crippen molar-refractivity contribution in [3.8, 4) is 5.75 Å². The molecule has 1 amide bonds. The van der Waals surface area contributed by atoms with Crippen molar-refractivity contribution in [3.05, 3.63) is 127 Å². The Labute approximate surface area is 275 Å². The van der Waals surface area contributed by atoms with Gasteiger partial charge in [-0.2, -0.15) is 0 Å². The lowest BCUT2D eigenvalue weighted by molar-refractivity contribution is -0.132. The molecule has 2 aromatic heterocycles. The van der Waals surface area contributed by atoms with Gasteiger partial charge >= 0.3 is 5.91 Å². The third-order valence-electron chi connectivity index (χ3n) is 6.84. The molecule has 1 N–H and O–H groups in total. The first-order valence-corrected chi connectivity index (χ1v) is 16.8. The molecular formula is C32H23Cl2N3O4S3. The van der Waals surface area contributed by atoms with Crippen LogP contribution in [-0.4, -0.2) is 27.0 Å². The molecule has 1 saturated heterocycles.